The highest BCUT2D eigenvalue weighted by Crippen LogP contribution is 2.23. The molecule has 0 saturated heterocycles. The SMILES string of the molecule is CC(NS(=O)(=O)c1ccc(Br)cc1F)C(C)(C)C. The highest BCUT2D eigenvalue weighted by molar-refractivity contribution is 9.10. The van der Waals surface area contributed by atoms with Crippen LogP contribution in [0.1, 0.15) is 27.7 Å². The molecule has 0 radical (unpaired) electrons. The van der Waals surface area contributed by atoms with Gasteiger partial charge in [0.05, 0.1) is 0 Å². The van der Waals surface area contributed by atoms with Crippen molar-refractivity contribution in [3.8, 4) is 0 Å². The molecule has 102 valence electrons. The molecule has 1 aromatic rings. The van der Waals surface area contributed by atoms with Crippen molar-refractivity contribution in [1.82, 2.24) is 4.72 Å². The summed E-state index contributed by atoms with van der Waals surface area (Å²) >= 11 is 3.09. The van der Waals surface area contributed by atoms with Crippen molar-refractivity contribution in [1.29, 1.82) is 0 Å². The van der Waals surface area contributed by atoms with Crippen molar-refractivity contribution < 1.29 is 12.8 Å². The van der Waals surface area contributed by atoms with E-state index in [4.69, 9.17) is 0 Å². The smallest absolute Gasteiger partial charge is 0.208 e. The van der Waals surface area contributed by atoms with Crippen LogP contribution in [0, 0.1) is 11.2 Å². The maximum atomic E-state index is 13.6. The van der Waals surface area contributed by atoms with Gasteiger partial charge in [-0.1, -0.05) is 36.7 Å². The molecule has 0 aliphatic heterocycles. The Morgan fingerprint density at radius 1 is 1.33 bits per heavy atom. The van der Waals surface area contributed by atoms with Gasteiger partial charge in [0, 0.05) is 10.5 Å². The zero-order valence-electron chi connectivity index (χ0n) is 10.8. The molecule has 0 amide bonds. The lowest BCUT2D eigenvalue weighted by atomic mass is 9.89. The Balaban J connectivity index is 3.08. The summed E-state index contributed by atoms with van der Waals surface area (Å²) in [6, 6.07) is 3.58. The molecule has 0 saturated carbocycles. The average Bonchev–Trinajstić information content (AvgIpc) is 2.14. The topological polar surface area (TPSA) is 46.2 Å². The second-order valence-corrected chi connectivity index (χ2v) is 7.88. The minimum Gasteiger partial charge on any atom is -0.208 e. The molecule has 0 aromatic heterocycles. The third-order valence-corrected chi connectivity index (χ3v) is 4.88. The van der Waals surface area contributed by atoms with Gasteiger partial charge in [-0.05, 0) is 30.5 Å². The zero-order valence-corrected chi connectivity index (χ0v) is 13.2. The van der Waals surface area contributed by atoms with Crippen LogP contribution in [-0.2, 0) is 10.0 Å². The molecule has 1 rings (SSSR count). The third kappa shape index (κ3) is 3.76. The van der Waals surface area contributed by atoms with Crippen LogP contribution in [0.2, 0.25) is 0 Å². The summed E-state index contributed by atoms with van der Waals surface area (Å²) in [6.07, 6.45) is 0. The van der Waals surface area contributed by atoms with Gasteiger partial charge in [0.15, 0.2) is 0 Å². The van der Waals surface area contributed by atoms with Gasteiger partial charge in [0.25, 0.3) is 0 Å². The van der Waals surface area contributed by atoms with E-state index >= 15 is 0 Å². The molecule has 0 bridgehead atoms. The van der Waals surface area contributed by atoms with Crippen LogP contribution in [0.15, 0.2) is 27.6 Å². The van der Waals surface area contributed by atoms with E-state index in [2.05, 4.69) is 20.7 Å². The fourth-order valence-electron chi connectivity index (χ4n) is 1.17. The van der Waals surface area contributed by atoms with Gasteiger partial charge in [0.1, 0.15) is 10.7 Å². The monoisotopic (exact) mass is 337 g/mol. The maximum Gasteiger partial charge on any atom is 0.243 e. The van der Waals surface area contributed by atoms with Gasteiger partial charge in [0.2, 0.25) is 10.0 Å². The van der Waals surface area contributed by atoms with Crippen molar-refractivity contribution in [3.63, 3.8) is 0 Å². The highest BCUT2D eigenvalue weighted by Gasteiger charge is 2.27. The molecule has 1 N–H and O–H groups in total. The van der Waals surface area contributed by atoms with Gasteiger partial charge < -0.3 is 0 Å². The Bertz CT molecular complexity index is 537. The van der Waals surface area contributed by atoms with Crippen LogP contribution < -0.4 is 4.72 Å². The summed E-state index contributed by atoms with van der Waals surface area (Å²) in [6.45, 7) is 7.50. The van der Waals surface area contributed by atoms with E-state index in [9.17, 15) is 12.8 Å². The number of sulfonamides is 1. The molecule has 3 nitrogen and oxygen atoms in total. The first-order valence-corrected chi connectivity index (χ1v) is 7.79. The van der Waals surface area contributed by atoms with Crippen molar-refractivity contribution in [2.45, 2.75) is 38.6 Å². The summed E-state index contributed by atoms with van der Waals surface area (Å²) in [5.74, 6) is -0.766. The number of hydrogen-bond acceptors (Lipinski definition) is 2. The lowest BCUT2D eigenvalue weighted by Crippen LogP contribution is -2.41. The molecule has 6 heteroatoms. The first-order valence-electron chi connectivity index (χ1n) is 5.51. The molecule has 1 unspecified atom stereocenters. The number of halogens is 2. The molecular weight excluding hydrogens is 321 g/mol. The average molecular weight is 338 g/mol. The van der Waals surface area contributed by atoms with E-state index in [0.717, 1.165) is 6.07 Å². The van der Waals surface area contributed by atoms with Gasteiger partial charge >= 0.3 is 0 Å². The van der Waals surface area contributed by atoms with E-state index in [0.29, 0.717) is 4.47 Å². The molecule has 0 aliphatic rings. The standard InChI is InChI=1S/C12H17BrFNO2S/c1-8(12(2,3)4)15-18(16,17)11-6-5-9(13)7-10(11)14/h5-8,15H,1-4H3. The lowest BCUT2D eigenvalue weighted by Gasteiger charge is -2.27. The van der Waals surface area contributed by atoms with Crippen molar-refractivity contribution in [2.75, 3.05) is 0 Å². The Morgan fingerprint density at radius 2 is 1.89 bits per heavy atom. The van der Waals surface area contributed by atoms with E-state index in [1.54, 1.807) is 6.92 Å². The number of nitrogens with one attached hydrogen (secondary N) is 1. The van der Waals surface area contributed by atoms with Crippen LogP contribution in [0.3, 0.4) is 0 Å². The fourth-order valence-corrected chi connectivity index (χ4v) is 3.01. The molecule has 0 fully saturated rings. The first kappa shape index (κ1) is 15.6. The minimum absolute atomic E-state index is 0.237. The van der Waals surface area contributed by atoms with Gasteiger partial charge in [-0.25, -0.2) is 17.5 Å². The summed E-state index contributed by atoms with van der Waals surface area (Å²) in [5.41, 5.74) is -0.237. The minimum atomic E-state index is -3.84. The van der Waals surface area contributed by atoms with Crippen molar-refractivity contribution in [2.24, 2.45) is 5.41 Å². The summed E-state index contributed by atoms with van der Waals surface area (Å²) < 4.78 is 40.7. The predicted octanol–water partition coefficient (Wildman–Crippen LogP) is 3.30. The molecule has 18 heavy (non-hydrogen) atoms. The number of rotatable bonds is 3. The van der Waals surface area contributed by atoms with E-state index in [1.165, 1.54) is 12.1 Å². The van der Waals surface area contributed by atoms with E-state index in [1.807, 2.05) is 20.8 Å². The summed E-state index contributed by atoms with van der Waals surface area (Å²) in [7, 11) is -3.84. The van der Waals surface area contributed by atoms with Gasteiger partial charge in [-0.15, -0.1) is 0 Å². The first-order chi connectivity index (χ1) is 8.04. The van der Waals surface area contributed by atoms with Crippen LogP contribution in [0.25, 0.3) is 0 Å². The third-order valence-electron chi connectivity index (χ3n) is 2.81. The summed E-state index contributed by atoms with van der Waals surface area (Å²) in [4.78, 5) is -0.332. The Kier molecular flexibility index (Phi) is 4.56. The summed E-state index contributed by atoms with van der Waals surface area (Å²) in [5, 5.41) is 0. The van der Waals surface area contributed by atoms with Gasteiger partial charge in [-0.3, -0.25) is 0 Å². The lowest BCUT2D eigenvalue weighted by molar-refractivity contribution is 0.317. The van der Waals surface area contributed by atoms with E-state index in [-0.39, 0.29) is 16.4 Å². The van der Waals surface area contributed by atoms with Crippen LogP contribution in [-0.4, -0.2) is 14.5 Å². The number of hydrogen-bond donors (Lipinski definition) is 1. The van der Waals surface area contributed by atoms with Crippen LogP contribution >= 0.6 is 15.9 Å². The Morgan fingerprint density at radius 3 is 2.33 bits per heavy atom. The predicted molar refractivity (Wildman–Crippen MR) is 73.3 cm³/mol. The Hall–Kier alpha value is -0.460. The zero-order chi connectivity index (χ0) is 14.1. The van der Waals surface area contributed by atoms with Crippen LogP contribution in [0.4, 0.5) is 4.39 Å². The normalized spacial score (nSPS) is 14.6. The molecule has 0 heterocycles. The van der Waals surface area contributed by atoms with Crippen molar-refractivity contribution >= 4 is 26.0 Å². The quantitative estimate of drug-likeness (QED) is 0.919. The largest absolute Gasteiger partial charge is 0.243 e. The molecular formula is C12H17BrFNO2S. The number of benzene rings is 1. The van der Waals surface area contributed by atoms with Crippen molar-refractivity contribution in [3.05, 3.63) is 28.5 Å². The maximum absolute atomic E-state index is 13.6. The second kappa shape index (κ2) is 5.27. The van der Waals surface area contributed by atoms with E-state index < -0.39 is 15.8 Å². The Labute approximate surface area is 116 Å². The molecule has 0 aliphatic carbocycles. The van der Waals surface area contributed by atoms with Crippen LogP contribution in [0.5, 0.6) is 0 Å². The highest BCUT2D eigenvalue weighted by atomic mass is 79.9. The molecule has 1 atom stereocenters. The fraction of sp³-hybridized carbons (Fsp3) is 0.500. The molecule has 1 aromatic carbocycles. The second-order valence-electron chi connectivity index (χ2n) is 5.28. The van der Waals surface area contributed by atoms with Gasteiger partial charge in [-0.2, -0.15) is 0 Å². The molecule has 0 spiro atoms.